The summed E-state index contributed by atoms with van der Waals surface area (Å²) >= 11 is 0. The first kappa shape index (κ1) is 13.3. The molecule has 1 N–H and O–H groups in total. The average molecular weight is 280 g/mol. The Morgan fingerprint density at radius 1 is 1.35 bits per heavy atom. The Morgan fingerprint density at radius 2 is 2.10 bits per heavy atom. The van der Waals surface area contributed by atoms with Crippen LogP contribution in [-0.4, -0.2) is 55.8 Å². The number of hydrogen-bond donors (Lipinski definition) is 1. The summed E-state index contributed by atoms with van der Waals surface area (Å²) in [5.74, 6) is 0.347. The molecule has 1 aromatic rings. The van der Waals surface area contributed by atoms with Crippen LogP contribution in [-0.2, 0) is 9.53 Å². The molecule has 6 heteroatoms. The standard InChI is InChI=1S/C14H17FN2O3/c15-10-1-3-11(4-2-10)20-12-8-17(9-12)14(18)13-7-16-5-6-19-13/h1-4,12-13,16H,5-9H2/t13-/m1/s1. The third kappa shape index (κ3) is 2.91. The van der Waals surface area contributed by atoms with Crippen LogP contribution < -0.4 is 10.1 Å². The lowest BCUT2D eigenvalue weighted by molar-refractivity contribution is -0.154. The maximum Gasteiger partial charge on any atom is 0.253 e. The lowest BCUT2D eigenvalue weighted by Gasteiger charge is -2.41. The number of nitrogens with zero attached hydrogens (tertiary/aromatic N) is 1. The number of benzene rings is 1. The third-order valence-electron chi connectivity index (χ3n) is 3.48. The summed E-state index contributed by atoms with van der Waals surface area (Å²) in [6.07, 6.45) is -0.406. The van der Waals surface area contributed by atoms with E-state index in [9.17, 15) is 9.18 Å². The second-order valence-corrected chi connectivity index (χ2v) is 5.00. The Balaban J connectivity index is 1.46. The summed E-state index contributed by atoms with van der Waals surface area (Å²) in [5, 5.41) is 3.14. The second-order valence-electron chi connectivity index (χ2n) is 5.00. The lowest BCUT2D eigenvalue weighted by atomic mass is 10.1. The third-order valence-corrected chi connectivity index (χ3v) is 3.48. The number of rotatable bonds is 3. The van der Waals surface area contributed by atoms with Crippen molar-refractivity contribution in [3.63, 3.8) is 0 Å². The van der Waals surface area contributed by atoms with Gasteiger partial charge in [0, 0.05) is 13.1 Å². The lowest BCUT2D eigenvalue weighted by Crippen LogP contribution is -2.60. The van der Waals surface area contributed by atoms with Gasteiger partial charge in [0.05, 0.1) is 19.7 Å². The molecule has 0 saturated carbocycles. The second kappa shape index (κ2) is 5.76. The van der Waals surface area contributed by atoms with Gasteiger partial charge in [-0.25, -0.2) is 4.39 Å². The summed E-state index contributed by atoms with van der Waals surface area (Å²) < 4.78 is 23.8. The molecule has 108 valence electrons. The summed E-state index contributed by atoms with van der Waals surface area (Å²) in [4.78, 5) is 13.8. The van der Waals surface area contributed by atoms with Crippen LogP contribution in [0.25, 0.3) is 0 Å². The van der Waals surface area contributed by atoms with Gasteiger partial charge in [0.2, 0.25) is 0 Å². The van der Waals surface area contributed by atoms with E-state index in [1.165, 1.54) is 12.1 Å². The quantitative estimate of drug-likeness (QED) is 0.871. The molecule has 5 nitrogen and oxygen atoms in total. The summed E-state index contributed by atoms with van der Waals surface area (Å²) in [6, 6.07) is 5.90. The first-order chi connectivity index (χ1) is 9.72. The fraction of sp³-hybridized carbons (Fsp3) is 0.500. The smallest absolute Gasteiger partial charge is 0.253 e. The zero-order valence-corrected chi connectivity index (χ0v) is 11.0. The molecule has 0 aromatic heterocycles. The molecule has 0 bridgehead atoms. The number of amides is 1. The van der Waals surface area contributed by atoms with Crippen molar-refractivity contribution in [3.8, 4) is 5.75 Å². The molecule has 0 aliphatic carbocycles. The Morgan fingerprint density at radius 3 is 2.75 bits per heavy atom. The van der Waals surface area contributed by atoms with E-state index in [1.54, 1.807) is 17.0 Å². The average Bonchev–Trinajstić information content (AvgIpc) is 2.45. The highest BCUT2D eigenvalue weighted by molar-refractivity contribution is 5.82. The van der Waals surface area contributed by atoms with Gasteiger partial charge in [-0.15, -0.1) is 0 Å². The predicted molar refractivity (Wildman–Crippen MR) is 70.0 cm³/mol. The Labute approximate surface area is 116 Å². The van der Waals surface area contributed by atoms with Crippen LogP contribution in [0.4, 0.5) is 4.39 Å². The molecular weight excluding hydrogens is 263 g/mol. The van der Waals surface area contributed by atoms with Gasteiger partial charge in [-0.05, 0) is 24.3 Å². The van der Waals surface area contributed by atoms with Crippen LogP contribution in [0.3, 0.4) is 0 Å². The number of likely N-dealkylation sites (tertiary alicyclic amines) is 1. The van der Waals surface area contributed by atoms with Crippen molar-refractivity contribution in [2.45, 2.75) is 12.2 Å². The largest absolute Gasteiger partial charge is 0.487 e. The van der Waals surface area contributed by atoms with E-state index in [4.69, 9.17) is 9.47 Å². The van der Waals surface area contributed by atoms with Crippen molar-refractivity contribution in [2.24, 2.45) is 0 Å². The molecule has 2 saturated heterocycles. The molecule has 3 rings (SSSR count). The van der Waals surface area contributed by atoms with E-state index in [1.807, 2.05) is 0 Å². The number of carbonyl (C=O) groups is 1. The minimum Gasteiger partial charge on any atom is -0.487 e. The molecule has 1 amide bonds. The highest BCUT2D eigenvalue weighted by Gasteiger charge is 2.36. The van der Waals surface area contributed by atoms with Gasteiger partial charge in [-0.3, -0.25) is 4.79 Å². The van der Waals surface area contributed by atoms with E-state index in [-0.39, 0.29) is 23.9 Å². The van der Waals surface area contributed by atoms with E-state index in [2.05, 4.69) is 5.32 Å². The minimum atomic E-state index is -0.379. The van der Waals surface area contributed by atoms with Crippen LogP contribution in [0.15, 0.2) is 24.3 Å². The van der Waals surface area contributed by atoms with Crippen LogP contribution in [0.5, 0.6) is 5.75 Å². The number of morpholine rings is 1. The van der Waals surface area contributed by atoms with Gasteiger partial charge in [0.1, 0.15) is 23.8 Å². The van der Waals surface area contributed by atoms with Gasteiger partial charge in [-0.1, -0.05) is 0 Å². The van der Waals surface area contributed by atoms with Crippen molar-refractivity contribution in [3.05, 3.63) is 30.1 Å². The van der Waals surface area contributed by atoms with Crippen molar-refractivity contribution in [1.29, 1.82) is 0 Å². The first-order valence-electron chi connectivity index (χ1n) is 6.76. The van der Waals surface area contributed by atoms with Gasteiger partial charge < -0.3 is 19.7 Å². The van der Waals surface area contributed by atoms with Crippen molar-refractivity contribution in [2.75, 3.05) is 32.8 Å². The molecule has 0 spiro atoms. The maximum absolute atomic E-state index is 12.8. The van der Waals surface area contributed by atoms with E-state index >= 15 is 0 Å². The summed E-state index contributed by atoms with van der Waals surface area (Å²) in [7, 11) is 0. The Bertz CT molecular complexity index is 468. The molecule has 20 heavy (non-hydrogen) atoms. The first-order valence-corrected chi connectivity index (χ1v) is 6.76. The fourth-order valence-corrected chi connectivity index (χ4v) is 2.33. The van der Waals surface area contributed by atoms with Crippen molar-refractivity contribution < 1.29 is 18.7 Å². The zero-order chi connectivity index (χ0) is 13.9. The Hall–Kier alpha value is -1.66. The normalized spacial score (nSPS) is 23.2. The van der Waals surface area contributed by atoms with E-state index in [0.717, 1.165) is 6.54 Å². The monoisotopic (exact) mass is 280 g/mol. The minimum absolute atomic E-state index is 0.0103. The highest BCUT2D eigenvalue weighted by Crippen LogP contribution is 2.19. The molecule has 1 aromatic carbocycles. The molecule has 2 aliphatic rings. The molecular formula is C14H17FN2O3. The van der Waals surface area contributed by atoms with Crippen LogP contribution in [0.2, 0.25) is 0 Å². The molecule has 1 atom stereocenters. The molecule has 0 radical (unpaired) electrons. The molecule has 2 fully saturated rings. The van der Waals surface area contributed by atoms with Crippen LogP contribution in [0.1, 0.15) is 0 Å². The number of halogens is 1. The molecule has 2 heterocycles. The number of hydrogen-bond acceptors (Lipinski definition) is 4. The predicted octanol–water partition coefficient (Wildman–Crippen LogP) is 0.404. The van der Waals surface area contributed by atoms with E-state index in [0.29, 0.717) is 32.0 Å². The SMILES string of the molecule is O=C([C@H]1CNCCO1)N1CC(Oc2ccc(F)cc2)C1. The maximum atomic E-state index is 12.8. The van der Waals surface area contributed by atoms with Gasteiger partial charge in [-0.2, -0.15) is 0 Å². The van der Waals surface area contributed by atoms with Gasteiger partial charge >= 0.3 is 0 Å². The Kier molecular flexibility index (Phi) is 3.84. The highest BCUT2D eigenvalue weighted by atomic mass is 19.1. The summed E-state index contributed by atoms with van der Waals surface area (Å²) in [6.45, 7) is 3.03. The van der Waals surface area contributed by atoms with Crippen LogP contribution in [0, 0.1) is 5.82 Å². The van der Waals surface area contributed by atoms with Gasteiger partial charge in [0.15, 0.2) is 0 Å². The number of nitrogens with one attached hydrogen (secondary N) is 1. The number of carbonyl (C=O) groups excluding carboxylic acids is 1. The fourth-order valence-electron chi connectivity index (χ4n) is 2.33. The van der Waals surface area contributed by atoms with Crippen molar-refractivity contribution in [1.82, 2.24) is 10.2 Å². The molecule has 0 unspecified atom stereocenters. The van der Waals surface area contributed by atoms with E-state index < -0.39 is 0 Å². The zero-order valence-electron chi connectivity index (χ0n) is 11.0. The summed E-state index contributed by atoms with van der Waals surface area (Å²) in [5.41, 5.74) is 0. The number of ether oxygens (including phenoxy) is 2. The van der Waals surface area contributed by atoms with Crippen LogP contribution >= 0.6 is 0 Å². The molecule has 2 aliphatic heterocycles. The van der Waals surface area contributed by atoms with Crippen molar-refractivity contribution >= 4 is 5.91 Å². The van der Waals surface area contributed by atoms with Gasteiger partial charge in [0.25, 0.3) is 5.91 Å². The topological polar surface area (TPSA) is 50.8 Å².